The van der Waals surface area contributed by atoms with Gasteiger partial charge in [0.2, 0.25) is 5.91 Å². The van der Waals surface area contributed by atoms with Crippen LogP contribution in [0, 0.1) is 0 Å². The molecular weight excluding hydrogens is 512 g/mol. The topological polar surface area (TPSA) is 84.9 Å². The number of fused-ring (bicyclic) bond motifs is 1. The lowest BCUT2D eigenvalue weighted by Gasteiger charge is -2.14. The van der Waals surface area contributed by atoms with Gasteiger partial charge >= 0.3 is 0 Å². The van der Waals surface area contributed by atoms with Crippen molar-refractivity contribution in [1.82, 2.24) is 4.90 Å². The summed E-state index contributed by atoms with van der Waals surface area (Å²) in [5.74, 6) is 0.152. The number of anilines is 1. The highest BCUT2D eigenvalue weighted by molar-refractivity contribution is 8.18. The molecule has 8 heteroatoms. The van der Waals surface area contributed by atoms with Gasteiger partial charge in [0.1, 0.15) is 13.2 Å². The van der Waals surface area contributed by atoms with Crippen molar-refractivity contribution >= 4 is 51.4 Å². The molecule has 0 atom stereocenters. The number of imide groups is 1. The second-order valence-corrected chi connectivity index (χ2v) is 9.74. The van der Waals surface area contributed by atoms with E-state index in [2.05, 4.69) is 23.5 Å². The van der Waals surface area contributed by atoms with Crippen molar-refractivity contribution in [1.29, 1.82) is 0 Å². The molecule has 0 radical (unpaired) electrons. The highest BCUT2D eigenvalue weighted by Gasteiger charge is 2.36. The first-order chi connectivity index (χ1) is 19.0. The molecule has 0 aromatic heterocycles. The van der Waals surface area contributed by atoms with Crippen LogP contribution in [0.25, 0.3) is 16.8 Å². The Morgan fingerprint density at radius 3 is 2.49 bits per heavy atom. The van der Waals surface area contributed by atoms with Crippen molar-refractivity contribution in [2.24, 2.45) is 0 Å². The summed E-state index contributed by atoms with van der Waals surface area (Å²) in [5.41, 5.74) is 2.33. The molecule has 5 rings (SSSR count). The highest BCUT2D eigenvalue weighted by atomic mass is 32.2. The number of hydrogen-bond donors (Lipinski definition) is 1. The first kappa shape index (κ1) is 26.1. The predicted molar refractivity (Wildman–Crippen MR) is 154 cm³/mol. The van der Waals surface area contributed by atoms with Crippen molar-refractivity contribution in [3.8, 4) is 11.5 Å². The monoisotopic (exact) mass is 538 g/mol. The molecule has 4 aromatic rings. The van der Waals surface area contributed by atoms with E-state index in [0.29, 0.717) is 36.0 Å². The number of thioether (sulfide) groups is 1. The number of carbonyl (C=O) groups excluding carboxylic acids is 3. The SMILES string of the molecule is CCOc1cc(/C=C2\SC(=O)N(CC(=O)Nc3ccccc3)C2=O)ccc1OCc1cccc2ccccc12. The summed E-state index contributed by atoms with van der Waals surface area (Å²) >= 11 is 0.803. The van der Waals surface area contributed by atoms with E-state index < -0.39 is 17.1 Å². The first-order valence-corrected chi connectivity index (χ1v) is 13.3. The number of ether oxygens (including phenoxy) is 2. The maximum Gasteiger partial charge on any atom is 0.294 e. The molecule has 0 aliphatic carbocycles. The summed E-state index contributed by atoms with van der Waals surface area (Å²) in [7, 11) is 0. The number of nitrogens with zero attached hydrogens (tertiary/aromatic N) is 1. The Hall–Kier alpha value is -4.56. The van der Waals surface area contributed by atoms with Gasteiger partial charge in [0, 0.05) is 5.69 Å². The fraction of sp³-hybridized carbons (Fsp3) is 0.129. The van der Waals surface area contributed by atoms with E-state index in [9.17, 15) is 14.4 Å². The van der Waals surface area contributed by atoms with Crippen molar-refractivity contribution in [2.75, 3.05) is 18.5 Å². The van der Waals surface area contributed by atoms with Gasteiger partial charge in [0.05, 0.1) is 11.5 Å². The number of hydrogen-bond acceptors (Lipinski definition) is 6. The Labute approximate surface area is 230 Å². The summed E-state index contributed by atoms with van der Waals surface area (Å²) in [6.07, 6.45) is 1.62. The summed E-state index contributed by atoms with van der Waals surface area (Å²) in [6, 6.07) is 28.5. The van der Waals surface area contributed by atoms with E-state index in [1.54, 1.807) is 48.5 Å². The van der Waals surface area contributed by atoms with Gasteiger partial charge in [-0.25, -0.2) is 0 Å². The van der Waals surface area contributed by atoms with E-state index >= 15 is 0 Å². The normalized spacial score (nSPS) is 14.2. The molecule has 1 aliphatic heterocycles. The number of benzene rings is 4. The third kappa shape index (κ3) is 6.13. The summed E-state index contributed by atoms with van der Waals surface area (Å²) in [5, 5.41) is 4.47. The van der Waals surface area contributed by atoms with E-state index in [-0.39, 0.29) is 11.4 Å². The fourth-order valence-corrected chi connectivity index (χ4v) is 5.07. The van der Waals surface area contributed by atoms with Crippen LogP contribution in [-0.4, -0.2) is 35.1 Å². The fourth-order valence-electron chi connectivity index (χ4n) is 4.23. The van der Waals surface area contributed by atoms with Gasteiger partial charge in [-0.15, -0.1) is 0 Å². The van der Waals surface area contributed by atoms with Crippen LogP contribution < -0.4 is 14.8 Å². The molecule has 3 amide bonds. The first-order valence-electron chi connectivity index (χ1n) is 12.5. The van der Waals surface area contributed by atoms with Crippen LogP contribution in [0.5, 0.6) is 11.5 Å². The van der Waals surface area contributed by atoms with E-state index in [0.717, 1.165) is 33.0 Å². The van der Waals surface area contributed by atoms with Gasteiger partial charge in [0.25, 0.3) is 11.1 Å². The molecule has 1 saturated heterocycles. The minimum absolute atomic E-state index is 0.236. The molecule has 7 nitrogen and oxygen atoms in total. The molecule has 1 aliphatic rings. The van der Waals surface area contributed by atoms with Crippen LogP contribution in [0.15, 0.2) is 95.9 Å². The highest BCUT2D eigenvalue weighted by Crippen LogP contribution is 2.35. The number of amides is 3. The summed E-state index contributed by atoms with van der Waals surface area (Å²) < 4.78 is 12.0. The maximum absolute atomic E-state index is 12.9. The second-order valence-electron chi connectivity index (χ2n) is 8.75. The molecule has 1 N–H and O–H groups in total. The minimum Gasteiger partial charge on any atom is -0.490 e. The molecule has 39 heavy (non-hydrogen) atoms. The van der Waals surface area contributed by atoms with Gasteiger partial charge in [-0.2, -0.15) is 0 Å². The number of carbonyl (C=O) groups is 3. The van der Waals surface area contributed by atoms with Crippen LogP contribution in [0.1, 0.15) is 18.1 Å². The Morgan fingerprint density at radius 1 is 0.897 bits per heavy atom. The van der Waals surface area contributed by atoms with E-state index in [1.807, 2.05) is 37.3 Å². The smallest absolute Gasteiger partial charge is 0.294 e. The van der Waals surface area contributed by atoms with Crippen molar-refractivity contribution in [2.45, 2.75) is 13.5 Å². The molecular formula is C31H26N2O5S. The van der Waals surface area contributed by atoms with Gasteiger partial charge in [-0.3, -0.25) is 19.3 Å². The van der Waals surface area contributed by atoms with Crippen molar-refractivity contribution < 1.29 is 23.9 Å². The second kappa shape index (κ2) is 11.9. The van der Waals surface area contributed by atoms with E-state index in [4.69, 9.17) is 9.47 Å². The number of rotatable bonds is 9. The average molecular weight is 539 g/mol. The Bertz CT molecular complexity index is 1560. The van der Waals surface area contributed by atoms with Crippen LogP contribution >= 0.6 is 11.8 Å². The third-order valence-corrected chi connectivity index (χ3v) is 6.97. The minimum atomic E-state index is -0.512. The third-order valence-electron chi connectivity index (χ3n) is 6.06. The molecule has 0 spiro atoms. The van der Waals surface area contributed by atoms with Crippen molar-refractivity contribution in [3.05, 3.63) is 107 Å². The number of para-hydroxylation sites is 1. The lowest BCUT2D eigenvalue weighted by atomic mass is 10.1. The van der Waals surface area contributed by atoms with Gasteiger partial charge in [-0.1, -0.05) is 66.7 Å². The summed E-state index contributed by atoms with van der Waals surface area (Å²) in [6.45, 7) is 2.32. The molecule has 1 heterocycles. The zero-order chi connectivity index (χ0) is 27.2. The molecule has 0 saturated carbocycles. The van der Waals surface area contributed by atoms with Crippen LogP contribution in [0.4, 0.5) is 10.5 Å². The lowest BCUT2D eigenvalue weighted by molar-refractivity contribution is -0.127. The standard InChI is InChI=1S/C31H26N2O5S/c1-2-37-27-17-21(15-16-26(27)38-20-23-11-8-10-22-9-6-7-14-25(22)23)18-28-30(35)33(31(36)39-28)19-29(34)32-24-12-4-3-5-13-24/h3-18H,2,19-20H2,1H3,(H,32,34)/b28-18-. The van der Waals surface area contributed by atoms with Crippen molar-refractivity contribution in [3.63, 3.8) is 0 Å². The molecule has 196 valence electrons. The predicted octanol–water partition coefficient (Wildman–Crippen LogP) is 6.49. The van der Waals surface area contributed by atoms with Gasteiger partial charge in [0.15, 0.2) is 11.5 Å². The zero-order valence-corrected chi connectivity index (χ0v) is 22.1. The Morgan fingerprint density at radius 2 is 1.67 bits per heavy atom. The van der Waals surface area contributed by atoms with Gasteiger partial charge in [-0.05, 0) is 70.9 Å². The Balaban J connectivity index is 1.29. The molecule has 1 fully saturated rings. The molecule has 0 unspecified atom stereocenters. The Kier molecular flexibility index (Phi) is 7.94. The lowest BCUT2D eigenvalue weighted by Crippen LogP contribution is -2.36. The van der Waals surface area contributed by atoms with Gasteiger partial charge < -0.3 is 14.8 Å². The largest absolute Gasteiger partial charge is 0.490 e. The van der Waals surface area contributed by atoms with E-state index in [1.165, 1.54) is 0 Å². The summed E-state index contributed by atoms with van der Waals surface area (Å²) in [4.78, 5) is 39.0. The maximum atomic E-state index is 12.9. The quantitative estimate of drug-likeness (QED) is 0.245. The molecule has 4 aromatic carbocycles. The number of nitrogens with one attached hydrogen (secondary N) is 1. The average Bonchev–Trinajstić information content (AvgIpc) is 3.20. The van der Waals surface area contributed by atoms with Crippen LogP contribution in [-0.2, 0) is 16.2 Å². The molecule has 0 bridgehead atoms. The zero-order valence-electron chi connectivity index (χ0n) is 21.3. The van der Waals surface area contributed by atoms with Crippen LogP contribution in [0.3, 0.4) is 0 Å². The van der Waals surface area contributed by atoms with Crippen LogP contribution in [0.2, 0.25) is 0 Å².